The molecule has 2 fully saturated rings. The average Bonchev–Trinajstić information content (AvgIpc) is 2.63. The summed E-state index contributed by atoms with van der Waals surface area (Å²) in [6.45, 7) is 7.20. The highest BCUT2D eigenvalue weighted by atomic mass is 32.2. The minimum Gasteiger partial charge on any atom is -0.368 e. The van der Waals surface area contributed by atoms with E-state index in [9.17, 15) is 8.42 Å². The van der Waals surface area contributed by atoms with Gasteiger partial charge in [-0.25, -0.2) is 13.1 Å². The maximum atomic E-state index is 12.2. The molecule has 134 valence electrons. The highest BCUT2D eigenvalue weighted by molar-refractivity contribution is 7.89. The molecule has 2 aliphatic rings. The van der Waals surface area contributed by atoms with Crippen molar-refractivity contribution < 1.29 is 8.42 Å². The summed E-state index contributed by atoms with van der Waals surface area (Å²) < 4.78 is 26.9. The Kier molecular flexibility index (Phi) is 5.76. The van der Waals surface area contributed by atoms with Gasteiger partial charge in [-0.05, 0) is 51.0 Å². The van der Waals surface area contributed by atoms with Gasteiger partial charge in [-0.3, -0.25) is 4.90 Å². The van der Waals surface area contributed by atoms with E-state index < -0.39 is 10.0 Å². The first-order valence-electron chi connectivity index (χ1n) is 8.81. The van der Waals surface area contributed by atoms with Crippen molar-refractivity contribution in [1.29, 1.82) is 0 Å². The van der Waals surface area contributed by atoms with E-state index in [1.165, 1.54) is 26.4 Å². The smallest absolute Gasteiger partial charge is 0.242 e. The number of sulfonamides is 1. The maximum Gasteiger partial charge on any atom is 0.242 e. The predicted molar refractivity (Wildman–Crippen MR) is 96.9 cm³/mol. The molecule has 7 heteroatoms. The number of piperazine rings is 1. The maximum absolute atomic E-state index is 12.2. The second-order valence-corrected chi connectivity index (χ2v) is 8.51. The van der Waals surface area contributed by atoms with E-state index in [2.05, 4.69) is 19.8 Å². The van der Waals surface area contributed by atoms with Crippen LogP contribution in [0.5, 0.6) is 0 Å². The molecule has 2 heterocycles. The van der Waals surface area contributed by atoms with Crippen LogP contribution in [-0.2, 0) is 10.0 Å². The number of hydrogen-bond acceptors (Lipinski definition) is 5. The standard InChI is InChI=1S/C17H28N4O2S/c1-18-24(22,23)17-5-3-2-4-16(17)21-12-10-20(11-13-21)14-15-6-8-19-9-7-15/h2-5,15,18-19H,6-14H2,1H3. The lowest BCUT2D eigenvalue weighted by Gasteiger charge is -2.38. The molecule has 0 spiro atoms. The molecule has 0 aliphatic carbocycles. The van der Waals surface area contributed by atoms with Crippen molar-refractivity contribution in [2.75, 3.05) is 57.8 Å². The number of nitrogens with zero attached hydrogens (tertiary/aromatic N) is 2. The summed E-state index contributed by atoms with van der Waals surface area (Å²) >= 11 is 0. The van der Waals surface area contributed by atoms with Crippen LogP contribution >= 0.6 is 0 Å². The summed E-state index contributed by atoms with van der Waals surface area (Å²) in [5.41, 5.74) is 0.813. The molecule has 2 N–H and O–H groups in total. The Morgan fingerprint density at radius 1 is 1.12 bits per heavy atom. The van der Waals surface area contributed by atoms with E-state index in [-0.39, 0.29) is 0 Å². The Morgan fingerprint density at radius 2 is 1.79 bits per heavy atom. The van der Waals surface area contributed by atoms with Gasteiger partial charge >= 0.3 is 0 Å². The van der Waals surface area contributed by atoms with Gasteiger partial charge in [0.15, 0.2) is 0 Å². The Labute approximate surface area is 145 Å². The molecule has 0 aromatic heterocycles. The number of hydrogen-bond donors (Lipinski definition) is 2. The molecule has 0 atom stereocenters. The fourth-order valence-electron chi connectivity index (χ4n) is 3.66. The molecule has 6 nitrogen and oxygen atoms in total. The largest absolute Gasteiger partial charge is 0.368 e. The SMILES string of the molecule is CNS(=O)(=O)c1ccccc1N1CCN(CC2CCNCC2)CC1. The summed E-state index contributed by atoms with van der Waals surface area (Å²) in [6, 6.07) is 7.28. The summed E-state index contributed by atoms with van der Waals surface area (Å²) in [4.78, 5) is 5.10. The second kappa shape index (κ2) is 7.82. The Morgan fingerprint density at radius 3 is 2.46 bits per heavy atom. The normalized spacial score (nSPS) is 21.1. The Balaban J connectivity index is 1.63. The van der Waals surface area contributed by atoms with Crippen LogP contribution in [0.15, 0.2) is 29.2 Å². The van der Waals surface area contributed by atoms with Crippen LogP contribution < -0.4 is 14.9 Å². The molecule has 0 bridgehead atoms. The zero-order valence-electron chi connectivity index (χ0n) is 14.4. The third-order valence-corrected chi connectivity index (χ3v) is 6.57. The second-order valence-electron chi connectivity index (χ2n) is 6.66. The minimum atomic E-state index is -3.43. The van der Waals surface area contributed by atoms with Crippen LogP contribution in [0.2, 0.25) is 0 Å². The number of para-hydroxylation sites is 1. The lowest BCUT2D eigenvalue weighted by molar-refractivity contribution is 0.196. The molecule has 3 rings (SSSR count). The van der Waals surface area contributed by atoms with E-state index in [4.69, 9.17) is 0 Å². The molecular weight excluding hydrogens is 324 g/mol. The van der Waals surface area contributed by atoms with Gasteiger partial charge < -0.3 is 10.2 Å². The zero-order valence-corrected chi connectivity index (χ0v) is 15.2. The summed E-state index contributed by atoms with van der Waals surface area (Å²) in [5, 5.41) is 3.42. The van der Waals surface area contributed by atoms with E-state index in [1.54, 1.807) is 12.1 Å². The Bertz CT molecular complexity index is 636. The number of rotatable bonds is 5. The van der Waals surface area contributed by atoms with Crippen LogP contribution in [0.3, 0.4) is 0 Å². The molecule has 2 aliphatic heterocycles. The van der Waals surface area contributed by atoms with Crippen molar-refractivity contribution in [3.63, 3.8) is 0 Å². The first kappa shape index (κ1) is 17.7. The lowest BCUT2D eigenvalue weighted by atomic mass is 9.97. The van der Waals surface area contributed by atoms with Gasteiger partial charge in [0.05, 0.1) is 5.69 Å². The van der Waals surface area contributed by atoms with Gasteiger partial charge in [-0.15, -0.1) is 0 Å². The molecule has 0 unspecified atom stereocenters. The summed E-state index contributed by atoms with van der Waals surface area (Å²) in [7, 11) is -1.97. The summed E-state index contributed by atoms with van der Waals surface area (Å²) in [5.74, 6) is 0.801. The van der Waals surface area contributed by atoms with Crippen molar-refractivity contribution in [2.45, 2.75) is 17.7 Å². The van der Waals surface area contributed by atoms with Gasteiger partial charge in [-0.1, -0.05) is 12.1 Å². The van der Waals surface area contributed by atoms with Crippen molar-refractivity contribution in [3.05, 3.63) is 24.3 Å². The van der Waals surface area contributed by atoms with Crippen LogP contribution in [0.1, 0.15) is 12.8 Å². The molecule has 0 amide bonds. The molecule has 2 saturated heterocycles. The van der Waals surface area contributed by atoms with Gasteiger partial charge in [0.1, 0.15) is 4.90 Å². The lowest BCUT2D eigenvalue weighted by Crippen LogP contribution is -2.49. The fraction of sp³-hybridized carbons (Fsp3) is 0.647. The van der Waals surface area contributed by atoms with Gasteiger partial charge in [-0.2, -0.15) is 0 Å². The fourth-order valence-corrected chi connectivity index (χ4v) is 4.61. The molecule has 0 saturated carbocycles. The first-order chi connectivity index (χ1) is 11.6. The highest BCUT2D eigenvalue weighted by Crippen LogP contribution is 2.26. The van der Waals surface area contributed by atoms with Crippen LogP contribution in [0.4, 0.5) is 5.69 Å². The number of piperidine rings is 1. The van der Waals surface area contributed by atoms with Crippen LogP contribution in [0.25, 0.3) is 0 Å². The van der Waals surface area contributed by atoms with Crippen molar-refractivity contribution in [3.8, 4) is 0 Å². The van der Waals surface area contributed by atoms with Gasteiger partial charge in [0.2, 0.25) is 10.0 Å². The minimum absolute atomic E-state index is 0.374. The third kappa shape index (κ3) is 4.08. The van der Waals surface area contributed by atoms with Gasteiger partial charge in [0, 0.05) is 32.7 Å². The molecule has 1 aromatic rings. The van der Waals surface area contributed by atoms with Crippen molar-refractivity contribution in [2.24, 2.45) is 5.92 Å². The Hall–Kier alpha value is -1.15. The quantitative estimate of drug-likeness (QED) is 0.817. The highest BCUT2D eigenvalue weighted by Gasteiger charge is 2.25. The molecule has 1 aromatic carbocycles. The van der Waals surface area contributed by atoms with E-state index in [0.717, 1.165) is 50.9 Å². The van der Waals surface area contributed by atoms with E-state index in [0.29, 0.717) is 4.90 Å². The molecule has 24 heavy (non-hydrogen) atoms. The molecule has 0 radical (unpaired) electrons. The first-order valence-corrected chi connectivity index (χ1v) is 10.3. The number of benzene rings is 1. The zero-order chi connectivity index (χ0) is 17.0. The van der Waals surface area contributed by atoms with Crippen LogP contribution in [-0.4, -0.2) is 66.2 Å². The van der Waals surface area contributed by atoms with Crippen molar-refractivity contribution >= 4 is 15.7 Å². The number of anilines is 1. The molecular formula is C17H28N4O2S. The van der Waals surface area contributed by atoms with Crippen LogP contribution in [0, 0.1) is 5.92 Å². The van der Waals surface area contributed by atoms with E-state index in [1.807, 2.05) is 12.1 Å². The van der Waals surface area contributed by atoms with Crippen molar-refractivity contribution in [1.82, 2.24) is 14.9 Å². The monoisotopic (exact) mass is 352 g/mol. The summed E-state index contributed by atoms with van der Waals surface area (Å²) in [6.07, 6.45) is 2.53. The number of nitrogens with one attached hydrogen (secondary N) is 2. The van der Waals surface area contributed by atoms with E-state index >= 15 is 0 Å². The topological polar surface area (TPSA) is 64.7 Å². The average molecular weight is 353 g/mol. The third-order valence-electron chi connectivity index (χ3n) is 5.11. The predicted octanol–water partition coefficient (Wildman–Crippen LogP) is 0.716. The van der Waals surface area contributed by atoms with Gasteiger partial charge in [0.25, 0.3) is 0 Å².